The molecule has 2 bridgehead atoms. The molecule has 1 amide bonds. The van der Waals surface area contributed by atoms with E-state index in [1.54, 1.807) is 130 Å². The first-order valence-corrected chi connectivity index (χ1v) is 29.5. The molecule has 0 unspecified atom stereocenters. The maximum Gasteiger partial charge on any atom is 0.508 e. The zero-order valence-electron chi connectivity index (χ0n) is 46.6. The van der Waals surface area contributed by atoms with Crippen LogP contribution in [0.15, 0.2) is 132 Å². The fraction of sp³-hybridized carbons (Fsp3) is 0.459. The lowest BCUT2D eigenvalue weighted by Gasteiger charge is -2.67. The van der Waals surface area contributed by atoms with E-state index in [4.69, 9.17) is 37.6 Å². The fourth-order valence-electron chi connectivity index (χ4n) is 11.8. The molecule has 2 saturated carbocycles. The Bertz CT molecular complexity index is 2980. The Morgan fingerprint density at radius 2 is 1.34 bits per heavy atom. The van der Waals surface area contributed by atoms with Crippen LogP contribution < -0.4 is 5.32 Å². The SMILES string of the molecule is CC(=O)O[C@H]1C(=O)[C@]2(C)[C@@H](OC(=O)OCc3ccccc3)C[C@H]3OC[C@@]3(OC(C)=O)[C@H]2[C@H](OC(=O)c2ccccc2)[C@]2(O)C[C@H](OC(=O)[C@H](O[Si](C)(C)C(C)(C)C)[C@@H](NC(=O)c3ccccc3)c3ccccc3)C(C)=C1C2(C)C. The molecule has 420 valence electrons. The van der Waals surface area contributed by atoms with Crippen LogP contribution in [0.3, 0.4) is 0 Å². The summed E-state index contributed by atoms with van der Waals surface area (Å²) in [6.45, 7) is 17.8. The Balaban J connectivity index is 1.33. The molecular weight excluding hydrogens is 1030 g/mol. The van der Waals surface area contributed by atoms with Gasteiger partial charge in [-0.15, -0.1) is 0 Å². The molecule has 0 aromatic heterocycles. The van der Waals surface area contributed by atoms with Crippen molar-refractivity contribution >= 4 is 50.0 Å². The molecule has 17 nitrogen and oxygen atoms in total. The van der Waals surface area contributed by atoms with Gasteiger partial charge in [0.05, 0.1) is 29.5 Å². The Morgan fingerprint density at radius 3 is 1.89 bits per heavy atom. The molecule has 79 heavy (non-hydrogen) atoms. The van der Waals surface area contributed by atoms with Crippen LogP contribution in [0.1, 0.15) is 113 Å². The topological polar surface area (TPSA) is 226 Å². The molecule has 8 rings (SSSR count). The standard InChI is InChI=1S/C61H71NO16Si/c1-36-43(74-55(68)49(78-79(10,11)57(4,5)6)47(40-26-18-13-19-27-40)62-53(66)41-28-20-14-21-29-41)33-61(70)52(76-54(67)42-30-22-15-23-31-42)50-59(9,51(65)48(73-37(2)63)46(36)58(61,7)8)44(32-45-60(50,35-72-45)77-38(3)64)75-56(69)71-34-39-24-16-12-17-25-39/h12-31,43-45,47-50,52,70H,32-35H2,1-11H3,(H,62,66)/t43-,44-,45+,47-,48+,49+,50-,52-,59+,60-,61+/m0/s1. The number of carbonyl (C=O) groups is 7. The summed E-state index contributed by atoms with van der Waals surface area (Å²) in [7, 11) is -2.99. The van der Waals surface area contributed by atoms with Gasteiger partial charge in [0.1, 0.15) is 36.6 Å². The van der Waals surface area contributed by atoms with Gasteiger partial charge in [-0.1, -0.05) is 132 Å². The van der Waals surface area contributed by atoms with Crippen LogP contribution in [0.5, 0.6) is 0 Å². The summed E-state index contributed by atoms with van der Waals surface area (Å²) >= 11 is 0. The van der Waals surface area contributed by atoms with Gasteiger partial charge in [0.25, 0.3) is 5.91 Å². The second kappa shape index (κ2) is 22.3. The predicted octanol–water partition coefficient (Wildman–Crippen LogP) is 9.13. The smallest absolute Gasteiger partial charge is 0.456 e. The number of fused-ring (bicyclic) bond motifs is 5. The first kappa shape index (κ1) is 58.2. The monoisotopic (exact) mass is 1100 g/mol. The summed E-state index contributed by atoms with van der Waals surface area (Å²) in [6, 6.07) is 32.8. The number of nitrogens with one attached hydrogen (secondary N) is 1. The maximum atomic E-state index is 16.4. The normalized spacial score (nSPS) is 27.8. The lowest BCUT2D eigenvalue weighted by Crippen LogP contribution is -2.82. The number of amides is 1. The molecule has 4 aromatic rings. The Labute approximate surface area is 461 Å². The van der Waals surface area contributed by atoms with E-state index in [2.05, 4.69) is 5.32 Å². The summed E-state index contributed by atoms with van der Waals surface area (Å²) in [6.07, 6.45) is -11.5. The van der Waals surface area contributed by atoms with Gasteiger partial charge in [0.2, 0.25) is 0 Å². The number of aliphatic hydroxyl groups is 1. The van der Waals surface area contributed by atoms with Gasteiger partial charge in [-0.05, 0) is 78.5 Å². The third-order valence-corrected chi connectivity index (χ3v) is 21.5. The van der Waals surface area contributed by atoms with Crippen LogP contribution in [0.25, 0.3) is 0 Å². The number of ketones is 1. The van der Waals surface area contributed by atoms with Gasteiger partial charge in [-0.25, -0.2) is 14.4 Å². The van der Waals surface area contributed by atoms with Crippen LogP contribution in [0.4, 0.5) is 4.79 Å². The molecule has 1 saturated heterocycles. The molecule has 1 aliphatic heterocycles. The lowest BCUT2D eigenvalue weighted by molar-refractivity contribution is -0.346. The molecule has 1 heterocycles. The second-order valence-corrected chi connectivity index (χ2v) is 28.1. The lowest BCUT2D eigenvalue weighted by atomic mass is 9.44. The number of esters is 4. The third-order valence-electron chi connectivity index (χ3n) is 17.1. The summed E-state index contributed by atoms with van der Waals surface area (Å²) in [4.78, 5) is 102. The summed E-state index contributed by atoms with van der Waals surface area (Å²) < 4.78 is 50.7. The largest absolute Gasteiger partial charge is 0.508 e. The Kier molecular flexibility index (Phi) is 16.4. The van der Waals surface area contributed by atoms with Crippen molar-refractivity contribution in [3.63, 3.8) is 0 Å². The number of benzene rings is 4. The van der Waals surface area contributed by atoms with Gasteiger partial charge in [0, 0.05) is 37.7 Å². The van der Waals surface area contributed by atoms with E-state index in [-0.39, 0.29) is 36.3 Å². The van der Waals surface area contributed by atoms with Crippen molar-refractivity contribution in [3.8, 4) is 0 Å². The molecule has 0 spiro atoms. The number of hydrogen-bond acceptors (Lipinski definition) is 16. The summed E-state index contributed by atoms with van der Waals surface area (Å²) in [5, 5.41) is 16.9. The van der Waals surface area contributed by atoms with E-state index < -0.39 is 132 Å². The van der Waals surface area contributed by atoms with Crippen LogP contribution >= 0.6 is 0 Å². The molecular formula is C61H71NO16Si. The Morgan fingerprint density at radius 1 is 0.772 bits per heavy atom. The van der Waals surface area contributed by atoms with E-state index in [9.17, 15) is 29.1 Å². The first-order chi connectivity index (χ1) is 37.2. The van der Waals surface area contributed by atoms with Crippen molar-refractivity contribution < 1.29 is 76.3 Å². The van der Waals surface area contributed by atoms with Crippen molar-refractivity contribution in [2.24, 2.45) is 16.7 Å². The molecule has 11 atom stereocenters. The van der Waals surface area contributed by atoms with E-state index >= 15 is 9.59 Å². The molecule has 3 fully saturated rings. The van der Waals surface area contributed by atoms with Gasteiger partial charge in [-0.3, -0.25) is 19.2 Å². The van der Waals surface area contributed by atoms with Crippen molar-refractivity contribution in [1.29, 1.82) is 0 Å². The highest BCUT2D eigenvalue weighted by atomic mass is 28.4. The maximum absolute atomic E-state index is 16.4. The van der Waals surface area contributed by atoms with E-state index in [0.29, 0.717) is 16.7 Å². The molecule has 4 aliphatic rings. The molecule has 18 heteroatoms. The van der Waals surface area contributed by atoms with Crippen LogP contribution in [-0.4, -0.2) is 110 Å². The van der Waals surface area contributed by atoms with Crippen LogP contribution in [0.2, 0.25) is 18.1 Å². The van der Waals surface area contributed by atoms with Gasteiger partial charge in [-0.2, -0.15) is 0 Å². The van der Waals surface area contributed by atoms with E-state index in [1.807, 2.05) is 33.9 Å². The highest BCUT2D eigenvalue weighted by molar-refractivity contribution is 6.74. The third kappa shape index (κ3) is 11.0. The minimum Gasteiger partial charge on any atom is -0.456 e. The van der Waals surface area contributed by atoms with E-state index in [0.717, 1.165) is 13.8 Å². The minimum atomic E-state index is -2.99. The van der Waals surface area contributed by atoms with Gasteiger partial charge >= 0.3 is 30.0 Å². The molecule has 4 aromatic carbocycles. The fourth-order valence-corrected chi connectivity index (χ4v) is 13.0. The zero-order valence-corrected chi connectivity index (χ0v) is 47.6. The Hall–Kier alpha value is -6.99. The van der Waals surface area contributed by atoms with Gasteiger partial charge < -0.3 is 48.0 Å². The highest BCUT2D eigenvalue weighted by Crippen LogP contribution is 2.65. The van der Waals surface area contributed by atoms with Crippen molar-refractivity contribution in [1.82, 2.24) is 5.32 Å². The zero-order chi connectivity index (χ0) is 57.5. The van der Waals surface area contributed by atoms with Gasteiger partial charge in [0.15, 0.2) is 31.9 Å². The molecule has 0 radical (unpaired) electrons. The molecule has 2 N–H and O–H groups in total. The predicted molar refractivity (Wildman–Crippen MR) is 289 cm³/mol. The number of Topliss-reactive ketones (excluding diaryl/α,β-unsaturated/α-hetero) is 1. The van der Waals surface area contributed by atoms with Crippen molar-refractivity contribution in [2.45, 2.75) is 154 Å². The minimum absolute atomic E-state index is 0.00235. The number of rotatable bonds is 15. The molecule has 3 aliphatic carbocycles. The first-order valence-electron chi connectivity index (χ1n) is 26.5. The summed E-state index contributed by atoms with van der Waals surface area (Å²) in [5.41, 5.74) is -6.56. The number of ether oxygens (including phenoxy) is 7. The quantitative estimate of drug-likeness (QED) is 0.0490. The number of carbonyl (C=O) groups excluding carboxylic acids is 7. The second-order valence-electron chi connectivity index (χ2n) is 23.3. The average molecular weight is 1100 g/mol. The summed E-state index contributed by atoms with van der Waals surface area (Å²) in [5.74, 6) is -6.68. The van der Waals surface area contributed by atoms with Crippen molar-refractivity contribution in [3.05, 3.63) is 155 Å². The number of hydrogen-bond donors (Lipinski definition) is 2. The van der Waals surface area contributed by atoms with E-state index in [1.165, 1.54) is 19.1 Å². The average Bonchev–Trinajstić information content (AvgIpc) is 1.90. The van der Waals surface area contributed by atoms with Crippen LogP contribution in [0, 0.1) is 16.7 Å². The van der Waals surface area contributed by atoms with Crippen LogP contribution in [-0.2, 0) is 63.4 Å². The van der Waals surface area contributed by atoms with Crippen molar-refractivity contribution in [2.75, 3.05) is 6.61 Å². The highest BCUT2D eigenvalue weighted by Gasteiger charge is 2.79.